The normalized spacial score (nSPS) is 20.2. The summed E-state index contributed by atoms with van der Waals surface area (Å²) < 4.78 is 11.2. The minimum Gasteiger partial charge on any atom is -0.494 e. The number of ether oxygens (including phenoxy) is 2. The van der Waals surface area contributed by atoms with E-state index < -0.39 is 5.54 Å². The molecule has 0 bridgehead atoms. The lowest BCUT2D eigenvalue weighted by molar-refractivity contribution is 0.150. The first-order valence-electron chi connectivity index (χ1n) is 8.80. The Balaban J connectivity index is 1.74. The number of hydrogen-bond donors (Lipinski definition) is 1. The molecule has 1 unspecified atom stereocenters. The third-order valence-electron chi connectivity index (χ3n) is 4.31. The minimum atomic E-state index is -0.466. The van der Waals surface area contributed by atoms with Gasteiger partial charge >= 0.3 is 0 Å². The maximum absolute atomic E-state index is 9.62. The smallest absolute Gasteiger partial charge is 0.180 e. The quantitative estimate of drug-likeness (QED) is 0.522. The molecule has 1 aromatic rings. The molecule has 0 saturated heterocycles. The van der Waals surface area contributed by atoms with Gasteiger partial charge in [-0.25, -0.2) is 4.99 Å². The van der Waals surface area contributed by atoms with Gasteiger partial charge in [-0.1, -0.05) is 24.3 Å². The molecule has 132 valence electrons. The second-order valence-electron chi connectivity index (χ2n) is 6.36. The van der Waals surface area contributed by atoms with Crippen LogP contribution >= 0.6 is 0 Å². The summed E-state index contributed by atoms with van der Waals surface area (Å²) in [6.07, 6.45) is 9.28. The number of aryl methyl sites for hydroxylation is 1. The molecule has 0 aliphatic carbocycles. The number of aliphatic hydroxyl groups is 1. The first-order chi connectivity index (χ1) is 11.7. The van der Waals surface area contributed by atoms with Gasteiger partial charge in [-0.05, 0) is 56.7 Å². The van der Waals surface area contributed by atoms with Crippen LogP contribution in [0.15, 0.2) is 41.4 Å². The predicted octanol–water partition coefficient (Wildman–Crippen LogP) is 3.92. The average molecular weight is 331 g/mol. The van der Waals surface area contributed by atoms with Crippen LogP contribution in [0.25, 0.3) is 0 Å². The number of nitrogens with zero attached hydrogens (tertiary/aromatic N) is 1. The molecule has 1 heterocycles. The van der Waals surface area contributed by atoms with Gasteiger partial charge < -0.3 is 14.6 Å². The van der Waals surface area contributed by atoms with Crippen LogP contribution in [0.2, 0.25) is 0 Å². The van der Waals surface area contributed by atoms with Crippen LogP contribution in [-0.4, -0.2) is 36.4 Å². The Bertz CT molecular complexity index is 551. The SMILES string of the molecule is C/C=C\CCCCOc1ccc(CCC2(CO)COC(C)=N2)cc1. The largest absolute Gasteiger partial charge is 0.494 e. The summed E-state index contributed by atoms with van der Waals surface area (Å²) in [6.45, 7) is 5.15. The maximum Gasteiger partial charge on any atom is 0.180 e. The van der Waals surface area contributed by atoms with E-state index in [1.165, 1.54) is 5.56 Å². The summed E-state index contributed by atoms with van der Waals surface area (Å²) in [6, 6.07) is 8.22. The number of unbranched alkanes of at least 4 members (excludes halogenated alkanes) is 2. The zero-order chi connectivity index (χ0) is 17.3. The molecule has 1 N–H and O–H groups in total. The van der Waals surface area contributed by atoms with Gasteiger partial charge in [-0.2, -0.15) is 0 Å². The maximum atomic E-state index is 9.62. The van der Waals surface area contributed by atoms with Crippen molar-refractivity contribution in [3.05, 3.63) is 42.0 Å². The van der Waals surface area contributed by atoms with Gasteiger partial charge in [-0.15, -0.1) is 0 Å². The van der Waals surface area contributed by atoms with Gasteiger partial charge in [0.2, 0.25) is 0 Å². The van der Waals surface area contributed by atoms with Crippen LogP contribution in [-0.2, 0) is 11.2 Å². The first-order valence-corrected chi connectivity index (χ1v) is 8.80. The number of benzene rings is 1. The summed E-state index contributed by atoms with van der Waals surface area (Å²) in [5, 5.41) is 9.62. The van der Waals surface area contributed by atoms with Crippen LogP contribution in [0, 0.1) is 0 Å². The van der Waals surface area contributed by atoms with Crippen molar-refractivity contribution >= 4 is 5.90 Å². The zero-order valence-corrected chi connectivity index (χ0v) is 14.8. The number of allylic oxidation sites excluding steroid dienone is 2. The summed E-state index contributed by atoms with van der Waals surface area (Å²) in [4.78, 5) is 4.46. The van der Waals surface area contributed by atoms with Crippen molar-refractivity contribution in [2.75, 3.05) is 19.8 Å². The van der Waals surface area contributed by atoms with E-state index in [0.29, 0.717) is 12.5 Å². The first kappa shape index (κ1) is 18.5. The number of aliphatic imine (C=N–C) groups is 1. The molecule has 2 rings (SSSR count). The second kappa shape index (κ2) is 9.48. The van der Waals surface area contributed by atoms with Crippen molar-refractivity contribution in [2.24, 2.45) is 4.99 Å². The van der Waals surface area contributed by atoms with Gasteiger partial charge in [0.1, 0.15) is 17.9 Å². The summed E-state index contributed by atoms with van der Waals surface area (Å²) >= 11 is 0. The molecular weight excluding hydrogens is 302 g/mol. The van der Waals surface area contributed by atoms with Crippen LogP contribution in [0.1, 0.15) is 45.1 Å². The van der Waals surface area contributed by atoms with Gasteiger partial charge in [0, 0.05) is 6.92 Å². The molecule has 1 atom stereocenters. The van der Waals surface area contributed by atoms with Crippen LogP contribution < -0.4 is 4.74 Å². The molecular formula is C20H29NO3. The van der Waals surface area contributed by atoms with Crippen molar-refractivity contribution in [2.45, 2.75) is 51.5 Å². The van der Waals surface area contributed by atoms with E-state index in [9.17, 15) is 5.11 Å². The summed E-state index contributed by atoms with van der Waals surface area (Å²) in [7, 11) is 0. The average Bonchev–Trinajstić information content (AvgIpc) is 2.99. The van der Waals surface area contributed by atoms with Crippen molar-refractivity contribution in [3.8, 4) is 5.75 Å². The molecule has 1 aliphatic rings. The van der Waals surface area contributed by atoms with Crippen LogP contribution in [0.3, 0.4) is 0 Å². The van der Waals surface area contributed by atoms with Gasteiger partial charge in [0.25, 0.3) is 0 Å². The third-order valence-corrected chi connectivity index (χ3v) is 4.31. The molecule has 0 spiro atoms. The van der Waals surface area contributed by atoms with E-state index in [4.69, 9.17) is 9.47 Å². The Morgan fingerprint density at radius 1 is 1.29 bits per heavy atom. The lowest BCUT2D eigenvalue weighted by Gasteiger charge is -2.21. The number of hydrogen-bond acceptors (Lipinski definition) is 4. The Kier molecular flexibility index (Phi) is 7.32. The Morgan fingerprint density at radius 3 is 2.71 bits per heavy atom. The van der Waals surface area contributed by atoms with Crippen LogP contribution in [0.5, 0.6) is 5.75 Å². The molecule has 0 saturated carbocycles. The fraction of sp³-hybridized carbons (Fsp3) is 0.550. The predicted molar refractivity (Wildman–Crippen MR) is 97.8 cm³/mol. The van der Waals surface area contributed by atoms with Gasteiger partial charge in [0.05, 0.1) is 13.2 Å². The topological polar surface area (TPSA) is 51.0 Å². The highest BCUT2D eigenvalue weighted by molar-refractivity contribution is 5.75. The Labute approximate surface area is 145 Å². The van der Waals surface area contributed by atoms with E-state index in [-0.39, 0.29) is 6.61 Å². The molecule has 0 fully saturated rings. The fourth-order valence-electron chi connectivity index (χ4n) is 2.78. The lowest BCUT2D eigenvalue weighted by atomic mass is 9.94. The van der Waals surface area contributed by atoms with Crippen molar-refractivity contribution in [1.82, 2.24) is 0 Å². The lowest BCUT2D eigenvalue weighted by Crippen LogP contribution is -2.33. The Hall–Kier alpha value is -1.81. The third kappa shape index (κ3) is 5.68. The van der Waals surface area contributed by atoms with E-state index in [2.05, 4.69) is 29.3 Å². The number of rotatable bonds is 10. The van der Waals surface area contributed by atoms with Gasteiger partial charge in [-0.3, -0.25) is 0 Å². The van der Waals surface area contributed by atoms with Gasteiger partial charge in [0.15, 0.2) is 5.90 Å². The number of aliphatic hydroxyl groups excluding tert-OH is 1. The van der Waals surface area contributed by atoms with E-state index >= 15 is 0 Å². The monoisotopic (exact) mass is 331 g/mol. The van der Waals surface area contributed by atoms with Crippen molar-refractivity contribution in [1.29, 1.82) is 0 Å². The molecule has 24 heavy (non-hydrogen) atoms. The molecule has 4 heteroatoms. The molecule has 1 aliphatic heterocycles. The fourth-order valence-corrected chi connectivity index (χ4v) is 2.78. The molecule has 4 nitrogen and oxygen atoms in total. The zero-order valence-electron chi connectivity index (χ0n) is 14.8. The van der Waals surface area contributed by atoms with Crippen molar-refractivity contribution < 1.29 is 14.6 Å². The molecule has 1 aromatic carbocycles. The summed E-state index contributed by atoms with van der Waals surface area (Å²) in [5.41, 5.74) is 0.759. The van der Waals surface area contributed by atoms with E-state index in [1.54, 1.807) is 0 Å². The highest BCUT2D eigenvalue weighted by Crippen LogP contribution is 2.25. The summed E-state index contributed by atoms with van der Waals surface area (Å²) in [5.74, 6) is 1.59. The standard InChI is InChI=1S/C20H29NO3/c1-3-4-5-6-7-14-23-19-10-8-18(9-11-19)12-13-20(15-22)16-24-17(2)21-20/h3-4,8-11,22H,5-7,12-16H2,1-2H3/b4-3-. The van der Waals surface area contributed by atoms with Crippen LogP contribution in [0.4, 0.5) is 0 Å². The highest BCUT2D eigenvalue weighted by Gasteiger charge is 2.34. The molecule has 0 aromatic heterocycles. The minimum absolute atomic E-state index is 0.0265. The highest BCUT2D eigenvalue weighted by atomic mass is 16.5. The Morgan fingerprint density at radius 2 is 2.08 bits per heavy atom. The molecule has 0 radical (unpaired) electrons. The molecule has 0 amide bonds. The second-order valence-corrected chi connectivity index (χ2v) is 6.36. The van der Waals surface area contributed by atoms with E-state index in [1.807, 2.05) is 26.0 Å². The van der Waals surface area contributed by atoms with E-state index in [0.717, 1.165) is 44.5 Å². The van der Waals surface area contributed by atoms with Crippen molar-refractivity contribution in [3.63, 3.8) is 0 Å².